The van der Waals surface area contributed by atoms with Gasteiger partial charge in [0.05, 0.1) is 6.54 Å². The summed E-state index contributed by atoms with van der Waals surface area (Å²) in [4.78, 5) is 26.2. The van der Waals surface area contributed by atoms with E-state index in [1.807, 2.05) is 0 Å². The van der Waals surface area contributed by atoms with E-state index in [1.165, 1.54) is 51.4 Å². The van der Waals surface area contributed by atoms with Crippen LogP contribution in [0, 0.1) is 0 Å². The second-order valence-corrected chi connectivity index (χ2v) is 8.05. The summed E-state index contributed by atoms with van der Waals surface area (Å²) < 4.78 is 0. The largest absolute Gasteiger partial charge is 0.509 e. The summed E-state index contributed by atoms with van der Waals surface area (Å²) in [5.74, 6) is -0.829. The van der Waals surface area contributed by atoms with Gasteiger partial charge in [-0.3, -0.25) is 9.59 Å². The van der Waals surface area contributed by atoms with E-state index in [0.29, 0.717) is 13.1 Å². The Morgan fingerprint density at radius 1 is 0.857 bits per heavy atom. The molecule has 0 aromatic carbocycles. The maximum absolute atomic E-state index is 12.4. The summed E-state index contributed by atoms with van der Waals surface area (Å²) in [5.41, 5.74) is -0.0532. The van der Waals surface area contributed by atoms with E-state index in [4.69, 9.17) is 0 Å². The predicted octanol–water partition coefficient (Wildman–Crippen LogP) is 5.26. The number of rotatable bonds is 17. The van der Waals surface area contributed by atoms with Crippen LogP contribution in [0.15, 0.2) is 11.3 Å². The average Bonchev–Trinajstić information content (AvgIpc) is 2.96. The molecule has 0 aliphatic carbocycles. The number of amides is 2. The lowest BCUT2D eigenvalue weighted by Crippen LogP contribution is -2.34. The van der Waals surface area contributed by atoms with Gasteiger partial charge >= 0.3 is 0 Å². The Morgan fingerprint density at radius 2 is 1.36 bits per heavy atom. The standard InChI is InChI=1S/C23H42N2O3/c1-3-5-7-9-10-11-12-13-14-15-17-24-22(27)21-20(26)19-25(23(21)28)18-16-8-6-4-2/h26H,3-19H2,1-2H3,(H,24,27). The van der Waals surface area contributed by atoms with Crippen LogP contribution in [0.2, 0.25) is 0 Å². The molecule has 0 atom stereocenters. The fourth-order valence-electron chi connectivity index (χ4n) is 3.65. The van der Waals surface area contributed by atoms with E-state index < -0.39 is 5.91 Å². The Balaban J connectivity index is 2.11. The van der Waals surface area contributed by atoms with Crippen molar-refractivity contribution in [2.24, 2.45) is 0 Å². The summed E-state index contributed by atoms with van der Waals surface area (Å²) in [6.45, 7) is 5.73. The van der Waals surface area contributed by atoms with Crippen LogP contribution in [0.25, 0.3) is 0 Å². The Hall–Kier alpha value is -1.52. The molecule has 0 aromatic rings. The van der Waals surface area contributed by atoms with Crippen molar-refractivity contribution in [1.29, 1.82) is 0 Å². The molecule has 0 aromatic heterocycles. The topological polar surface area (TPSA) is 69.6 Å². The van der Waals surface area contributed by atoms with Crippen molar-refractivity contribution in [3.05, 3.63) is 11.3 Å². The molecule has 0 unspecified atom stereocenters. The van der Waals surface area contributed by atoms with Gasteiger partial charge in [-0.15, -0.1) is 0 Å². The smallest absolute Gasteiger partial charge is 0.263 e. The SMILES string of the molecule is CCCCCCCCCCCCNC(=O)C1=C(O)CN(CCCCCC)C1=O. The second kappa shape index (κ2) is 15.4. The molecule has 5 nitrogen and oxygen atoms in total. The number of aliphatic hydroxyl groups excluding tert-OH is 1. The van der Waals surface area contributed by atoms with Gasteiger partial charge in [-0.2, -0.15) is 0 Å². The lowest BCUT2D eigenvalue weighted by Gasteiger charge is -2.15. The highest BCUT2D eigenvalue weighted by atomic mass is 16.3. The number of nitrogens with one attached hydrogen (secondary N) is 1. The van der Waals surface area contributed by atoms with Crippen LogP contribution < -0.4 is 5.32 Å². The Labute approximate surface area is 171 Å². The Bertz CT molecular complexity index is 488. The zero-order chi connectivity index (χ0) is 20.6. The molecule has 0 saturated heterocycles. The van der Waals surface area contributed by atoms with E-state index in [2.05, 4.69) is 19.2 Å². The molecule has 162 valence electrons. The van der Waals surface area contributed by atoms with E-state index in [0.717, 1.165) is 38.5 Å². The first kappa shape index (κ1) is 24.5. The zero-order valence-corrected chi connectivity index (χ0v) is 18.2. The van der Waals surface area contributed by atoms with Crippen molar-refractivity contribution in [2.75, 3.05) is 19.6 Å². The van der Waals surface area contributed by atoms with Gasteiger partial charge in [-0.05, 0) is 12.8 Å². The number of aliphatic hydroxyl groups is 1. The highest BCUT2D eigenvalue weighted by Gasteiger charge is 2.34. The third-order valence-electron chi connectivity index (χ3n) is 5.45. The molecule has 5 heteroatoms. The van der Waals surface area contributed by atoms with Gasteiger partial charge in [-0.1, -0.05) is 90.9 Å². The van der Waals surface area contributed by atoms with Crippen molar-refractivity contribution in [1.82, 2.24) is 10.2 Å². The summed E-state index contributed by atoms with van der Waals surface area (Å²) in [6, 6.07) is 0. The van der Waals surface area contributed by atoms with Crippen molar-refractivity contribution >= 4 is 11.8 Å². The number of unbranched alkanes of at least 4 members (excludes halogenated alkanes) is 12. The minimum atomic E-state index is -0.422. The molecule has 1 heterocycles. The summed E-state index contributed by atoms with van der Waals surface area (Å²) in [6.07, 6.45) is 16.8. The lowest BCUT2D eigenvalue weighted by molar-refractivity contribution is -0.128. The molecule has 0 radical (unpaired) electrons. The van der Waals surface area contributed by atoms with Crippen LogP contribution in [0.3, 0.4) is 0 Å². The minimum Gasteiger partial charge on any atom is -0.509 e. The third kappa shape index (κ3) is 9.61. The molecule has 1 rings (SSSR count). The predicted molar refractivity (Wildman–Crippen MR) is 115 cm³/mol. The molecule has 0 saturated carbocycles. The number of hydrogen-bond acceptors (Lipinski definition) is 3. The van der Waals surface area contributed by atoms with Crippen molar-refractivity contribution < 1.29 is 14.7 Å². The van der Waals surface area contributed by atoms with Gasteiger partial charge < -0.3 is 15.3 Å². The molecule has 2 amide bonds. The monoisotopic (exact) mass is 394 g/mol. The van der Waals surface area contributed by atoms with Crippen LogP contribution in [-0.4, -0.2) is 41.5 Å². The maximum atomic E-state index is 12.4. The molecular weight excluding hydrogens is 352 g/mol. The summed E-state index contributed by atoms with van der Waals surface area (Å²) in [7, 11) is 0. The minimum absolute atomic E-state index is 0.0532. The van der Waals surface area contributed by atoms with Crippen molar-refractivity contribution in [2.45, 2.75) is 104 Å². The van der Waals surface area contributed by atoms with Gasteiger partial charge in [0, 0.05) is 13.1 Å². The van der Waals surface area contributed by atoms with Crippen molar-refractivity contribution in [3.8, 4) is 0 Å². The first-order chi connectivity index (χ1) is 13.6. The quantitative estimate of drug-likeness (QED) is 0.261. The third-order valence-corrected chi connectivity index (χ3v) is 5.45. The molecule has 1 aliphatic rings. The van der Waals surface area contributed by atoms with Crippen LogP contribution in [-0.2, 0) is 9.59 Å². The average molecular weight is 395 g/mol. The molecular formula is C23H42N2O3. The van der Waals surface area contributed by atoms with Gasteiger partial charge in [0.2, 0.25) is 0 Å². The van der Waals surface area contributed by atoms with E-state index in [1.54, 1.807) is 4.90 Å². The number of carbonyl (C=O) groups excluding carboxylic acids is 2. The molecule has 1 aliphatic heterocycles. The van der Waals surface area contributed by atoms with Gasteiger partial charge in [-0.25, -0.2) is 0 Å². The summed E-state index contributed by atoms with van der Waals surface area (Å²) >= 11 is 0. The molecule has 2 N–H and O–H groups in total. The highest BCUT2D eigenvalue weighted by molar-refractivity contribution is 6.20. The first-order valence-electron chi connectivity index (χ1n) is 11.6. The first-order valence-corrected chi connectivity index (χ1v) is 11.6. The normalized spacial score (nSPS) is 14.2. The molecule has 0 spiro atoms. The molecule has 0 bridgehead atoms. The highest BCUT2D eigenvalue weighted by Crippen LogP contribution is 2.18. The number of carbonyl (C=O) groups is 2. The Morgan fingerprint density at radius 3 is 1.93 bits per heavy atom. The summed E-state index contributed by atoms with van der Waals surface area (Å²) in [5, 5.41) is 12.8. The molecule has 28 heavy (non-hydrogen) atoms. The van der Waals surface area contributed by atoms with Gasteiger partial charge in [0.1, 0.15) is 11.3 Å². The van der Waals surface area contributed by atoms with Gasteiger partial charge in [0.25, 0.3) is 11.8 Å². The van der Waals surface area contributed by atoms with Crippen LogP contribution >= 0.6 is 0 Å². The zero-order valence-electron chi connectivity index (χ0n) is 18.2. The molecule has 0 fully saturated rings. The fraction of sp³-hybridized carbons (Fsp3) is 0.826. The van der Waals surface area contributed by atoms with E-state index >= 15 is 0 Å². The second-order valence-electron chi connectivity index (χ2n) is 8.05. The van der Waals surface area contributed by atoms with Crippen LogP contribution in [0.1, 0.15) is 104 Å². The lowest BCUT2D eigenvalue weighted by atomic mass is 10.1. The fourth-order valence-corrected chi connectivity index (χ4v) is 3.65. The van der Waals surface area contributed by atoms with Crippen LogP contribution in [0.4, 0.5) is 0 Å². The van der Waals surface area contributed by atoms with Crippen LogP contribution in [0.5, 0.6) is 0 Å². The van der Waals surface area contributed by atoms with Crippen molar-refractivity contribution in [3.63, 3.8) is 0 Å². The van der Waals surface area contributed by atoms with E-state index in [-0.39, 0.29) is 23.8 Å². The van der Waals surface area contributed by atoms with Gasteiger partial charge in [0.15, 0.2) is 0 Å². The Kier molecular flexibility index (Phi) is 13.5. The maximum Gasteiger partial charge on any atom is 0.263 e. The number of nitrogens with zero attached hydrogens (tertiary/aromatic N) is 1. The number of hydrogen-bond donors (Lipinski definition) is 2. The van der Waals surface area contributed by atoms with E-state index in [9.17, 15) is 14.7 Å².